The van der Waals surface area contributed by atoms with Gasteiger partial charge < -0.3 is 5.11 Å². The summed E-state index contributed by atoms with van der Waals surface area (Å²) in [5.41, 5.74) is -0.712. The molecule has 2 atom stereocenters. The fourth-order valence-corrected chi connectivity index (χ4v) is 3.01. The van der Waals surface area contributed by atoms with Crippen LogP contribution >= 0.6 is 0 Å². The fourth-order valence-electron chi connectivity index (χ4n) is 3.01. The van der Waals surface area contributed by atoms with Gasteiger partial charge in [-0.05, 0) is 23.8 Å². The molecule has 0 amide bonds. The van der Waals surface area contributed by atoms with Gasteiger partial charge >= 0.3 is 0 Å². The molecule has 0 spiro atoms. The first-order valence-electron chi connectivity index (χ1n) is 7.94. The van der Waals surface area contributed by atoms with Gasteiger partial charge in [-0.2, -0.15) is 10.4 Å². The van der Waals surface area contributed by atoms with Crippen molar-refractivity contribution in [2.75, 3.05) is 0 Å². The molecule has 3 aromatic rings. The molecular weight excluding hydrogens is 338 g/mol. The van der Waals surface area contributed by atoms with E-state index in [1.54, 1.807) is 31.2 Å². The van der Waals surface area contributed by atoms with E-state index in [2.05, 4.69) is 10.1 Å². The first-order valence-corrected chi connectivity index (χ1v) is 7.94. The number of halogens is 2. The Labute approximate surface area is 149 Å². The molecule has 132 valence electrons. The topological polar surface area (TPSA) is 74.7 Å². The standard InChI is InChI=1S/C19H16F2N4O/c1-13(15-4-2-3-14(7-15)9-22)19(26,10-25-12-23-11-24-25)17-6-5-16(20)8-18(17)21/h2-8,11-13,26H,10H2,1H3/t13-,19-/m1/s1. The van der Waals surface area contributed by atoms with Crippen molar-refractivity contribution < 1.29 is 13.9 Å². The molecule has 5 nitrogen and oxygen atoms in total. The minimum atomic E-state index is -1.74. The second kappa shape index (κ2) is 7.02. The third-order valence-corrected chi connectivity index (χ3v) is 4.50. The summed E-state index contributed by atoms with van der Waals surface area (Å²) in [7, 11) is 0. The van der Waals surface area contributed by atoms with Crippen molar-refractivity contribution in [3.05, 3.63) is 83.4 Å². The number of benzene rings is 2. The van der Waals surface area contributed by atoms with Gasteiger partial charge in [0, 0.05) is 17.5 Å². The van der Waals surface area contributed by atoms with Crippen LogP contribution in [0.25, 0.3) is 0 Å². The Bertz CT molecular complexity index is 952. The molecule has 0 bridgehead atoms. The van der Waals surface area contributed by atoms with E-state index in [0.29, 0.717) is 11.1 Å². The van der Waals surface area contributed by atoms with Crippen molar-refractivity contribution in [2.45, 2.75) is 25.0 Å². The van der Waals surface area contributed by atoms with Crippen LogP contribution in [0.5, 0.6) is 0 Å². The average molecular weight is 354 g/mol. The Kier molecular flexibility index (Phi) is 4.78. The third kappa shape index (κ3) is 3.32. The molecule has 3 rings (SSSR count). The van der Waals surface area contributed by atoms with Crippen LogP contribution in [0.15, 0.2) is 55.1 Å². The van der Waals surface area contributed by atoms with Crippen molar-refractivity contribution in [1.82, 2.24) is 14.8 Å². The number of nitriles is 1. The summed E-state index contributed by atoms with van der Waals surface area (Å²) in [5.74, 6) is -2.19. The molecule has 0 aliphatic carbocycles. The van der Waals surface area contributed by atoms with Crippen molar-refractivity contribution in [3.63, 3.8) is 0 Å². The first-order chi connectivity index (χ1) is 12.4. The van der Waals surface area contributed by atoms with Crippen LogP contribution in [0.4, 0.5) is 8.78 Å². The molecule has 0 radical (unpaired) electrons. The largest absolute Gasteiger partial charge is 0.382 e. The van der Waals surface area contributed by atoms with Gasteiger partial charge in [0.05, 0.1) is 18.2 Å². The smallest absolute Gasteiger partial charge is 0.137 e. The highest BCUT2D eigenvalue weighted by Gasteiger charge is 2.40. The van der Waals surface area contributed by atoms with Gasteiger partial charge in [0.2, 0.25) is 0 Å². The molecule has 2 aromatic carbocycles. The Morgan fingerprint density at radius 2 is 2.08 bits per heavy atom. The van der Waals surface area contributed by atoms with Gasteiger partial charge in [0.15, 0.2) is 0 Å². The number of aromatic nitrogens is 3. The lowest BCUT2D eigenvalue weighted by Crippen LogP contribution is -2.38. The van der Waals surface area contributed by atoms with Crippen LogP contribution in [0.2, 0.25) is 0 Å². The van der Waals surface area contributed by atoms with Crippen molar-refractivity contribution in [3.8, 4) is 6.07 Å². The van der Waals surface area contributed by atoms with Gasteiger partial charge in [0.25, 0.3) is 0 Å². The van der Waals surface area contributed by atoms with Crippen LogP contribution in [0.3, 0.4) is 0 Å². The normalized spacial score (nSPS) is 14.4. The number of rotatable bonds is 5. The van der Waals surface area contributed by atoms with E-state index in [1.807, 2.05) is 6.07 Å². The summed E-state index contributed by atoms with van der Waals surface area (Å²) in [6.07, 6.45) is 2.72. The van der Waals surface area contributed by atoms with Gasteiger partial charge in [-0.15, -0.1) is 0 Å². The van der Waals surface area contributed by atoms with Crippen molar-refractivity contribution in [2.24, 2.45) is 0 Å². The quantitative estimate of drug-likeness (QED) is 0.764. The molecule has 0 unspecified atom stereocenters. The highest BCUT2D eigenvalue weighted by molar-refractivity contribution is 5.37. The fraction of sp³-hybridized carbons (Fsp3) is 0.211. The molecule has 1 aromatic heterocycles. The Morgan fingerprint density at radius 1 is 1.27 bits per heavy atom. The Hall–Kier alpha value is -3.11. The molecule has 0 saturated heterocycles. The van der Waals surface area contributed by atoms with Crippen molar-refractivity contribution in [1.29, 1.82) is 5.26 Å². The van der Waals surface area contributed by atoms with E-state index in [9.17, 15) is 13.9 Å². The van der Waals surface area contributed by atoms with Gasteiger partial charge in [0.1, 0.15) is 29.9 Å². The zero-order valence-corrected chi connectivity index (χ0v) is 14.0. The molecule has 7 heteroatoms. The maximum atomic E-state index is 14.5. The summed E-state index contributed by atoms with van der Waals surface area (Å²) < 4.78 is 29.2. The molecule has 26 heavy (non-hydrogen) atoms. The van der Waals surface area contributed by atoms with E-state index in [-0.39, 0.29) is 12.1 Å². The van der Waals surface area contributed by atoms with Gasteiger partial charge in [-0.3, -0.25) is 0 Å². The van der Waals surface area contributed by atoms with E-state index >= 15 is 0 Å². The molecule has 1 N–H and O–H groups in total. The van der Waals surface area contributed by atoms with Crippen LogP contribution in [0.1, 0.15) is 29.5 Å². The summed E-state index contributed by atoms with van der Waals surface area (Å²) >= 11 is 0. The third-order valence-electron chi connectivity index (χ3n) is 4.50. The predicted molar refractivity (Wildman–Crippen MR) is 89.8 cm³/mol. The van der Waals surface area contributed by atoms with E-state index in [1.165, 1.54) is 23.4 Å². The summed E-state index contributed by atoms with van der Waals surface area (Å²) in [6.45, 7) is 1.63. The lowest BCUT2D eigenvalue weighted by Gasteiger charge is -2.35. The van der Waals surface area contributed by atoms with Gasteiger partial charge in [-0.1, -0.05) is 25.1 Å². The molecule has 0 saturated carbocycles. The number of hydrogen-bond donors (Lipinski definition) is 1. The highest BCUT2D eigenvalue weighted by Crippen LogP contribution is 2.39. The predicted octanol–water partition coefficient (Wildman–Crippen LogP) is 3.12. The Balaban J connectivity index is 2.11. The second-order valence-corrected chi connectivity index (χ2v) is 6.10. The molecule has 0 fully saturated rings. The van der Waals surface area contributed by atoms with E-state index in [4.69, 9.17) is 5.26 Å². The minimum Gasteiger partial charge on any atom is -0.382 e. The van der Waals surface area contributed by atoms with Crippen molar-refractivity contribution >= 4 is 0 Å². The summed E-state index contributed by atoms with van der Waals surface area (Å²) in [4.78, 5) is 3.84. The lowest BCUT2D eigenvalue weighted by molar-refractivity contribution is -0.0112. The van der Waals surface area contributed by atoms with Gasteiger partial charge in [-0.25, -0.2) is 18.4 Å². The zero-order chi connectivity index (χ0) is 18.7. The lowest BCUT2D eigenvalue weighted by atomic mass is 9.77. The highest BCUT2D eigenvalue weighted by atomic mass is 19.1. The Morgan fingerprint density at radius 3 is 2.73 bits per heavy atom. The molecule has 0 aliphatic rings. The van der Waals surface area contributed by atoms with E-state index in [0.717, 1.165) is 12.1 Å². The van der Waals surface area contributed by atoms with Crippen LogP contribution in [-0.4, -0.2) is 19.9 Å². The molecular formula is C19H16F2N4O. The zero-order valence-electron chi connectivity index (χ0n) is 14.0. The van der Waals surface area contributed by atoms with Crippen LogP contribution in [-0.2, 0) is 12.1 Å². The monoisotopic (exact) mass is 354 g/mol. The SMILES string of the molecule is C[C@H](c1cccc(C#N)c1)[C@](O)(Cn1cncn1)c1ccc(F)cc1F. The van der Waals surface area contributed by atoms with E-state index < -0.39 is 23.2 Å². The molecule has 1 heterocycles. The average Bonchev–Trinajstić information content (AvgIpc) is 3.13. The van der Waals surface area contributed by atoms with Crippen LogP contribution in [0, 0.1) is 23.0 Å². The molecule has 0 aliphatic heterocycles. The summed E-state index contributed by atoms with van der Waals surface area (Å²) in [6, 6.07) is 11.8. The second-order valence-electron chi connectivity index (χ2n) is 6.10. The minimum absolute atomic E-state index is 0.0516. The van der Waals surface area contributed by atoms with Crippen LogP contribution < -0.4 is 0 Å². The maximum Gasteiger partial charge on any atom is 0.137 e. The number of nitrogens with zero attached hydrogens (tertiary/aromatic N) is 4. The summed E-state index contributed by atoms with van der Waals surface area (Å²) in [5, 5.41) is 24.6. The number of hydrogen-bond acceptors (Lipinski definition) is 4. The maximum absolute atomic E-state index is 14.5. The first kappa shape index (κ1) is 17.7. The number of aliphatic hydroxyl groups is 1.